The van der Waals surface area contributed by atoms with Gasteiger partial charge in [-0.15, -0.1) is 0 Å². The van der Waals surface area contributed by atoms with Crippen molar-refractivity contribution >= 4 is 45.7 Å². The summed E-state index contributed by atoms with van der Waals surface area (Å²) in [6.07, 6.45) is 2.62. The van der Waals surface area contributed by atoms with Crippen molar-refractivity contribution in [1.82, 2.24) is 40.4 Å². The normalized spacial score (nSPS) is 20.9. The summed E-state index contributed by atoms with van der Waals surface area (Å²) in [5.74, 6) is 0.229. The van der Waals surface area contributed by atoms with Crippen LogP contribution in [0.5, 0.6) is 0 Å². The van der Waals surface area contributed by atoms with Crippen LogP contribution in [0, 0.1) is 0 Å². The predicted octanol–water partition coefficient (Wildman–Crippen LogP) is 18.1. The Balaban J connectivity index is 0.000000185. The Labute approximate surface area is 862 Å². The van der Waals surface area contributed by atoms with Gasteiger partial charge in [0.15, 0.2) is 0 Å². The molecule has 0 saturated carbocycles. The molecule has 0 aromatic heterocycles. The minimum absolute atomic E-state index is 0.101. The molecular formula is C120H195N15O7. The predicted molar refractivity (Wildman–Crippen MR) is 603 cm³/mol. The highest BCUT2D eigenvalue weighted by molar-refractivity contribution is 5.78. The zero-order chi connectivity index (χ0) is 105. The van der Waals surface area contributed by atoms with Crippen LogP contribution in [0.2, 0.25) is 0 Å². The number of nitrogens with one attached hydrogen (secondary N) is 3. The Bertz CT molecular complexity index is 4910. The van der Waals surface area contributed by atoms with Crippen LogP contribution in [0.3, 0.4) is 0 Å². The Kier molecular flexibility index (Phi) is 43.6. The van der Waals surface area contributed by atoms with Crippen molar-refractivity contribution in [3.63, 3.8) is 0 Å². The number of amides is 1. The van der Waals surface area contributed by atoms with E-state index in [0.717, 1.165) is 173 Å². The van der Waals surface area contributed by atoms with Gasteiger partial charge in [-0.2, -0.15) is 0 Å². The fourth-order valence-corrected chi connectivity index (χ4v) is 20.2. The van der Waals surface area contributed by atoms with Gasteiger partial charge in [0, 0.05) is 256 Å². The number of piperazine rings is 7. The fraction of sp³-hybridized carbons (Fsp3) is 0.642. The SMILES string of the molecule is CC(C)N1CCN(c2ccc(C(C)(C)C)cc2CO)CC1.CN(C)CC(=O)N1CCN(c2ccc(C(C)(C)C)cc2)CC1.CN1C2CCC1CN(c1ccc(C(C)(C)C)cc1CO)C2.COCC1CN(c2ccc(C(C)(C)C)cc2)CCN1.COCC1CNCCN1c1ccc(C(C)(C)C)cc1.C[C@@H]1CN(c2ccc(C(C)(C)C)cc2CO)CCN1C.C[C@@H]1CN[C@@H](C)CN1c1ccc(C(C)(C)C)cc1CO. The van der Waals surface area contributed by atoms with E-state index < -0.39 is 0 Å². The molecule has 0 spiro atoms. The Morgan fingerprint density at radius 3 is 1.18 bits per heavy atom. The van der Waals surface area contributed by atoms with E-state index in [1.807, 2.05) is 23.9 Å². The molecule has 22 heteroatoms. The fourth-order valence-electron chi connectivity index (χ4n) is 20.2. The van der Waals surface area contributed by atoms with Crippen molar-refractivity contribution in [2.45, 2.75) is 306 Å². The van der Waals surface area contributed by atoms with Gasteiger partial charge in [0.2, 0.25) is 5.91 Å². The van der Waals surface area contributed by atoms with Gasteiger partial charge >= 0.3 is 0 Å². The van der Waals surface area contributed by atoms with Gasteiger partial charge in [0.05, 0.1) is 52.2 Å². The number of fused-ring (bicyclic) bond motifs is 2. The third-order valence-electron chi connectivity index (χ3n) is 30.1. The first-order valence-electron chi connectivity index (χ1n) is 53.5. The maximum Gasteiger partial charge on any atom is 0.236 e. The van der Waals surface area contributed by atoms with E-state index in [1.165, 1.54) is 91.6 Å². The Morgan fingerprint density at radius 2 is 0.775 bits per heavy atom. The van der Waals surface area contributed by atoms with E-state index in [-0.39, 0.29) is 70.2 Å². The molecular weight excluding hydrogens is 1760 g/mol. The molecule has 8 saturated heterocycles. The standard InChI is InChI=1S/C18H29N3O.C18H28N2O.C18H30N2O.2C17H28N2O.2C16H26N2O/c1-18(2,3)15-6-8-16(9-7-15)20-10-12-21(13-11-20)17(22)14-19(4)5;1-18(2,3)14-5-8-17(13(9-14)12-21)20-10-15-6-7-16(11-20)19(15)4;1-14(2)19-8-10-20(11-9-19)17-7-6-16(18(3,4)5)12-15(17)13-21;1-12-10-19(13(2)9-18-12)16-7-6-15(17(3,4)5)8-14(16)11-20;1-13-11-19(9-8-18(13)5)16-7-6-15(17(2,3)4)10-14(16)12-20;1-16(2,3)13-5-7-15(8-6-13)18-10-9-17-14(11-18)12-19-4;1-16(2,3)13-5-7-14(8-6-13)18-10-9-17-11-15(18)12-19-4/h6-9H,10-14H2,1-5H3;5,8-9,15-16,21H,6-7,10-12H2,1-4H3;6-7,12,14,21H,8-11,13H2,1-5H3;6-8,12-13,18,20H,9-11H2,1-5H3;6-7,10,13,20H,8-9,11-12H2,1-5H3;5-8,14,17H,9-12H2,1-4H3;5-8,15,17H,9-12H2,1-4H3/t;;;12-,13+;13-;;/m...01../s1. The van der Waals surface area contributed by atoms with Gasteiger partial charge in [-0.1, -0.05) is 230 Å². The number of hydrogen-bond donors (Lipinski definition) is 7. The highest BCUT2D eigenvalue weighted by atomic mass is 16.5. The molecule has 7 aromatic carbocycles. The van der Waals surface area contributed by atoms with Crippen LogP contribution in [0.15, 0.2) is 146 Å². The summed E-state index contributed by atoms with van der Waals surface area (Å²) in [4.78, 5) is 40.4. The van der Waals surface area contributed by atoms with Gasteiger partial charge in [0.25, 0.3) is 0 Å². The van der Waals surface area contributed by atoms with Crippen molar-refractivity contribution in [3.05, 3.63) is 207 Å². The highest BCUT2D eigenvalue weighted by Crippen LogP contribution is 2.39. The maximum absolute atomic E-state index is 12.1. The number of carbonyl (C=O) groups excluding carboxylic acids is 1. The lowest BCUT2D eigenvalue weighted by molar-refractivity contribution is -0.132. The lowest BCUT2D eigenvalue weighted by Crippen LogP contribution is -2.54. The maximum atomic E-state index is 12.1. The number of aliphatic hydroxyl groups is 4. The Morgan fingerprint density at radius 1 is 0.387 bits per heavy atom. The summed E-state index contributed by atoms with van der Waals surface area (Å²) < 4.78 is 10.6. The summed E-state index contributed by atoms with van der Waals surface area (Å²) in [7, 11) is 11.8. The van der Waals surface area contributed by atoms with Crippen molar-refractivity contribution in [1.29, 1.82) is 0 Å². The zero-order valence-electron chi connectivity index (χ0n) is 94.6. The highest BCUT2D eigenvalue weighted by Gasteiger charge is 2.39. The first-order valence-corrected chi connectivity index (χ1v) is 53.5. The average Bonchev–Trinajstić information content (AvgIpc) is 1.69. The van der Waals surface area contributed by atoms with Crippen LogP contribution >= 0.6 is 0 Å². The largest absolute Gasteiger partial charge is 0.392 e. The van der Waals surface area contributed by atoms with E-state index in [4.69, 9.17) is 9.47 Å². The van der Waals surface area contributed by atoms with Gasteiger partial charge in [-0.25, -0.2) is 0 Å². The quantitative estimate of drug-likeness (QED) is 0.0429. The summed E-state index contributed by atoms with van der Waals surface area (Å²) in [6.45, 7) is 81.7. The van der Waals surface area contributed by atoms with Crippen LogP contribution < -0.4 is 50.2 Å². The summed E-state index contributed by atoms with van der Waals surface area (Å²) >= 11 is 0. The lowest BCUT2D eigenvalue weighted by atomic mass is 9.85. The molecule has 8 heterocycles. The number of rotatable bonds is 18. The number of hydrogen-bond acceptors (Lipinski definition) is 21. The monoisotopic (exact) mass is 1960 g/mol. The Hall–Kier alpha value is -7.91. The van der Waals surface area contributed by atoms with E-state index in [0.29, 0.717) is 54.9 Å². The van der Waals surface area contributed by atoms with Crippen LogP contribution in [0.4, 0.5) is 39.8 Å². The lowest BCUT2D eigenvalue weighted by Gasteiger charge is -2.41. The molecule has 7 aromatic rings. The summed E-state index contributed by atoms with van der Waals surface area (Å²) in [6, 6.07) is 57.5. The molecule has 8 aliphatic rings. The first kappa shape index (κ1) is 118. The van der Waals surface area contributed by atoms with Gasteiger partial charge in [-0.05, 0) is 213 Å². The second-order valence-electron chi connectivity index (χ2n) is 49.2. The number of ether oxygens (including phenoxy) is 2. The van der Waals surface area contributed by atoms with Crippen molar-refractivity contribution in [2.24, 2.45) is 0 Å². The summed E-state index contributed by atoms with van der Waals surface area (Å²) in [5.41, 5.74) is 23.3. The first-order chi connectivity index (χ1) is 66.7. The van der Waals surface area contributed by atoms with Gasteiger partial charge in [0.1, 0.15) is 0 Å². The smallest absolute Gasteiger partial charge is 0.236 e. The molecule has 15 rings (SSSR count). The van der Waals surface area contributed by atoms with E-state index in [2.05, 4.69) is 405 Å². The minimum atomic E-state index is 0.101. The van der Waals surface area contributed by atoms with E-state index in [1.54, 1.807) is 14.2 Å². The van der Waals surface area contributed by atoms with Crippen molar-refractivity contribution in [2.75, 3.05) is 234 Å². The van der Waals surface area contributed by atoms with E-state index >= 15 is 0 Å². The molecule has 792 valence electrons. The second-order valence-corrected chi connectivity index (χ2v) is 49.2. The number of aliphatic hydroxyl groups excluding tert-OH is 4. The number of carbonyl (C=O) groups is 1. The number of benzene rings is 7. The van der Waals surface area contributed by atoms with E-state index in [9.17, 15) is 25.2 Å². The zero-order valence-corrected chi connectivity index (χ0v) is 94.6. The molecule has 7 atom stereocenters. The third-order valence-corrected chi connectivity index (χ3v) is 30.1. The molecule has 4 unspecified atom stereocenters. The van der Waals surface area contributed by atoms with Crippen LogP contribution in [-0.4, -0.2) is 299 Å². The molecule has 2 bridgehead atoms. The number of likely N-dealkylation sites (N-methyl/N-ethyl adjacent to an activating group) is 3. The molecule has 0 aliphatic carbocycles. The van der Waals surface area contributed by atoms with Crippen LogP contribution in [0.1, 0.15) is 254 Å². The number of methoxy groups -OCH3 is 2. The van der Waals surface area contributed by atoms with Crippen molar-refractivity contribution in [3.8, 4) is 0 Å². The molecule has 7 N–H and O–H groups in total. The van der Waals surface area contributed by atoms with Crippen LogP contribution in [-0.2, 0) is 78.6 Å². The topological polar surface area (TPSA) is 191 Å². The number of anilines is 7. The van der Waals surface area contributed by atoms with Crippen LogP contribution in [0.25, 0.3) is 0 Å². The summed E-state index contributed by atoms with van der Waals surface area (Å²) in [5, 5.41) is 49.4. The average molecular weight is 1960 g/mol. The van der Waals surface area contributed by atoms with Gasteiger partial charge < -0.3 is 94.8 Å². The molecule has 22 nitrogen and oxygen atoms in total. The molecule has 8 aliphatic heterocycles. The third kappa shape index (κ3) is 34.1. The molecule has 1 amide bonds. The molecule has 142 heavy (non-hydrogen) atoms. The minimum Gasteiger partial charge on any atom is -0.392 e. The molecule has 0 radical (unpaired) electrons. The second kappa shape index (κ2) is 52.6. The van der Waals surface area contributed by atoms with Crippen molar-refractivity contribution < 1.29 is 34.7 Å². The number of nitrogens with zero attached hydrogens (tertiary/aromatic N) is 12. The molecule has 8 fully saturated rings. The van der Waals surface area contributed by atoms with Gasteiger partial charge in [-0.3, -0.25) is 14.6 Å².